The van der Waals surface area contributed by atoms with Crippen molar-refractivity contribution in [2.45, 2.75) is 11.3 Å². The van der Waals surface area contributed by atoms with Gasteiger partial charge in [0.15, 0.2) is 15.0 Å². The minimum absolute atomic E-state index is 0.160. The fraction of sp³-hybridized carbons (Fsp3) is 0.130. The van der Waals surface area contributed by atoms with Gasteiger partial charge in [-0.1, -0.05) is 59.9 Å². The third-order valence-corrected chi connectivity index (χ3v) is 6.64. The van der Waals surface area contributed by atoms with Crippen LogP contribution in [-0.2, 0) is 14.6 Å². The lowest BCUT2D eigenvalue weighted by atomic mass is 10.1. The predicted octanol–water partition coefficient (Wildman–Crippen LogP) is 4.77. The summed E-state index contributed by atoms with van der Waals surface area (Å²) >= 11 is 1.24. The number of rotatable bonds is 7. The van der Waals surface area contributed by atoms with Crippen molar-refractivity contribution in [3.05, 3.63) is 72.8 Å². The number of ether oxygens (including phenoxy) is 1. The van der Waals surface area contributed by atoms with E-state index in [-0.39, 0.29) is 23.8 Å². The van der Waals surface area contributed by atoms with Crippen LogP contribution in [0.15, 0.2) is 77.7 Å². The maximum atomic E-state index is 12.3. The van der Waals surface area contributed by atoms with Crippen LogP contribution in [0.3, 0.4) is 0 Å². The number of hydrogen-bond donors (Lipinski definition) is 1. The van der Waals surface area contributed by atoms with Gasteiger partial charge >= 0.3 is 0 Å². The first-order chi connectivity index (χ1) is 14.9. The third kappa shape index (κ3) is 5.10. The molecule has 0 aliphatic rings. The lowest BCUT2D eigenvalue weighted by Gasteiger charge is -2.11. The first kappa shape index (κ1) is 21.0. The van der Waals surface area contributed by atoms with E-state index >= 15 is 0 Å². The summed E-state index contributed by atoms with van der Waals surface area (Å²) in [7, 11) is -3.30. The van der Waals surface area contributed by atoms with Crippen LogP contribution >= 0.6 is 11.3 Å². The Hall–Kier alpha value is -3.23. The topological polar surface area (TPSA) is 85.4 Å². The molecule has 1 amide bonds. The van der Waals surface area contributed by atoms with Crippen LogP contribution in [0.4, 0.5) is 5.13 Å². The molecule has 6 nitrogen and oxygen atoms in total. The quantitative estimate of drug-likeness (QED) is 0.436. The van der Waals surface area contributed by atoms with Gasteiger partial charge in [0.2, 0.25) is 5.91 Å². The number of benzene rings is 3. The third-order valence-electron chi connectivity index (χ3n) is 4.59. The molecule has 0 fully saturated rings. The minimum Gasteiger partial charge on any atom is -0.492 e. The number of fused-ring (bicyclic) bond motifs is 1. The average Bonchev–Trinajstić information content (AvgIpc) is 3.15. The number of carbonyl (C=O) groups excluding carboxylic acids is 1. The molecule has 1 aromatic heterocycles. The number of sulfone groups is 1. The van der Waals surface area contributed by atoms with Gasteiger partial charge in [-0.15, -0.1) is 0 Å². The minimum atomic E-state index is -3.30. The number of nitrogens with zero attached hydrogens (tertiary/aromatic N) is 1. The van der Waals surface area contributed by atoms with Crippen molar-refractivity contribution in [3.8, 4) is 16.9 Å². The van der Waals surface area contributed by atoms with Gasteiger partial charge in [0.25, 0.3) is 0 Å². The summed E-state index contributed by atoms with van der Waals surface area (Å²) < 4.78 is 30.0. The summed E-state index contributed by atoms with van der Waals surface area (Å²) in [6, 6.07) is 22.4. The van der Waals surface area contributed by atoms with E-state index in [2.05, 4.69) is 10.3 Å². The Labute approximate surface area is 184 Å². The highest BCUT2D eigenvalue weighted by Crippen LogP contribution is 2.30. The molecule has 0 saturated carbocycles. The lowest BCUT2D eigenvalue weighted by Crippen LogP contribution is -2.15. The SMILES string of the molecule is CS(=O)(=O)c1ccc2nc(NC(=O)CCOc3ccccc3-c3ccccc3)sc2c1. The number of aromatic nitrogens is 1. The molecule has 0 saturated heterocycles. The van der Waals surface area contributed by atoms with Gasteiger partial charge in [0, 0.05) is 11.8 Å². The van der Waals surface area contributed by atoms with Gasteiger partial charge in [-0.2, -0.15) is 0 Å². The Balaban J connectivity index is 1.38. The van der Waals surface area contributed by atoms with Crippen molar-refractivity contribution in [3.63, 3.8) is 0 Å². The Morgan fingerprint density at radius 2 is 1.77 bits per heavy atom. The van der Waals surface area contributed by atoms with Crippen LogP contribution in [0.5, 0.6) is 5.75 Å². The molecule has 1 N–H and O–H groups in total. The van der Waals surface area contributed by atoms with Crippen LogP contribution in [0, 0.1) is 0 Å². The van der Waals surface area contributed by atoms with Crippen LogP contribution in [0.25, 0.3) is 21.3 Å². The van der Waals surface area contributed by atoms with Gasteiger partial charge in [-0.25, -0.2) is 13.4 Å². The van der Waals surface area contributed by atoms with Crippen molar-refractivity contribution in [2.75, 3.05) is 18.2 Å². The molecule has 4 aromatic rings. The molecule has 31 heavy (non-hydrogen) atoms. The molecule has 0 atom stereocenters. The highest BCUT2D eigenvalue weighted by molar-refractivity contribution is 7.90. The summed E-state index contributed by atoms with van der Waals surface area (Å²) in [5.41, 5.74) is 2.66. The van der Waals surface area contributed by atoms with Crippen molar-refractivity contribution < 1.29 is 17.9 Å². The predicted molar refractivity (Wildman–Crippen MR) is 123 cm³/mol. The smallest absolute Gasteiger partial charge is 0.229 e. The zero-order chi connectivity index (χ0) is 21.8. The maximum absolute atomic E-state index is 12.3. The van der Waals surface area contributed by atoms with E-state index in [1.165, 1.54) is 17.4 Å². The van der Waals surface area contributed by atoms with Crippen molar-refractivity contribution in [1.82, 2.24) is 4.98 Å². The normalized spacial score (nSPS) is 11.4. The largest absolute Gasteiger partial charge is 0.492 e. The number of amides is 1. The molecular formula is C23H20N2O4S2. The molecule has 3 aromatic carbocycles. The summed E-state index contributed by atoms with van der Waals surface area (Å²) in [5.74, 6) is 0.495. The summed E-state index contributed by atoms with van der Waals surface area (Å²) in [6.07, 6.45) is 1.32. The fourth-order valence-electron chi connectivity index (χ4n) is 3.07. The van der Waals surface area contributed by atoms with Gasteiger partial charge in [-0.3, -0.25) is 4.79 Å². The Morgan fingerprint density at radius 1 is 1.03 bits per heavy atom. The summed E-state index contributed by atoms with van der Waals surface area (Å²) in [6.45, 7) is 0.221. The molecule has 0 radical (unpaired) electrons. The average molecular weight is 453 g/mol. The second-order valence-corrected chi connectivity index (χ2v) is 9.98. The van der Waals surface area contributed by atoms with Gasteiger partial charge in [-0.05, 0) is 29.8 Å². The molecule has 0 aliphatic heterocycles. The molecule has 8 heteroatoms. The van der Waals surface area contributed by atoms with Crippen LogP contribution in [-0.4, -0.2) is 32.2 Å². The van der Waals surface area contributed by atoms with Gasteiger partial charge in [0.1, 0.15) is 5.75 Å². The van der Waals surface area contributed by atoms with E-state index in [4.69, 9.17) is 4.74 Å². The van der Waals surface area contributed by atoms with E-state index in [1.54, 1.807) is 12.1 Å². The molecular weight excluding hydrogens is 432 g/mol. The zero-order valence-electron chi connectivity index (χ0n) is 16.7. The Morgan fingerprint density at radius 3 is 2.55 bits per heavy atom. The molecule has 158 valence electrons. The van der Waals surface area contributed by atoms with Crippen molar-refractivity contribution >= 4 is 42.4 Å². The monoisotopic (exact) mass is 452 g/mol. The van der Waals surface area contributed by atoms with E-state index in [1.807, 2.05) is 54.6 Å². The van der Waals surface area contributed by atoms with E-state index in [0.29, 0.717) is 15.3 Å². The van der Waals surface area contributed by atoms with E-state index < -0.39 is 9.84 Å². The number of nitrogens with one attached hydrogen (secondary N) is 1. The molecule has 0 unspecified atom stereocenters. The molecule has 4 rings (SSSR count). The maximum Gasteiger partial charge on any atom is 0.229 e. The number of hydrogen-bond acceptors (Lipinski definition) is 6. The Bertz CT molecular complexity index is 1330. The lowest BCUT2D eigenvalue weighted by molar-refractivity contribution is -0.116. The highest BCUT2D eigenvalue weighted by Gasteiger charge is 2.13. The molecule has 1 heterocycles. The van der Waals surface area contributed by atoms with Crippen LogP contribution in [0.1, 0.15) is 6.42 Å². The van der Waals surface area contributed by atoms with E-state index in [0.717, 1.165) is 23.1 Å². The highest BCUT2D eigenvalue weighted by atomic mass is 32.2. The summed E-state index contributed by atoms with van der Waals surface area (Å²) in [4.78, 5) is 16.9. The first-order valence-corrected chi connectivity index (χ1v) is 12.3. The second kappa shape index (κ2) is 8.87. The number of anilines is 1. The van der Waals surface area contributed by atoms with Crippen molar-refractivity contribution in [1.29, 1.82) is 0 Å². The zero-order valence-corrected chi connectivity index (χ0v) is 18.4. The van der Waals surface area contributed by atoms with Gasteiger partial charge < -0.3 is 10.1 Å². The Kier molecular flexibility index (Phi) is 6.01. The molecule has 0 aliphatic carbocycles. The molecule has 0 bridgehead atoms. The van der Waals surface area contributed by atoms with E-state index in [9.17, 15) is 13.2 Å². The fourth-order valence-corrected chi connectivity index (χ4v) is 4.72. The number of para-hydroxylation sites is 1. The number of thiazole rings is 1. The first-order valence-electron chi connectivity index (χ1n) is 9.58. The second-order valence-electron chi connectivity index (χ2n) is 6.93. The summed E-state index contributed by atoms with van der Waals surface area (Å²) in [5, 5.41) is 3.19. The van der Waals surface area contributed by atoms with Crippen LogP contribution in [0.2, 0.25) is 0 Å². The van der Waals surface area contributed by atoms with Crippen molar-refractivity contribution in [2.24, 2.45) is 0 Å². The van der Waals surface area contributed by atoms with Gasteiger partial charge in [0.05, 0.1) is 28.1 Å². The number of carbonyl (C=O) groups is 1. The standard InChI is InChI=1S/C23H20N2O4S2/c1-31(27,28)17-11-12-19-21(15-17)30-23(24-19)25-22(26)13-14-29-20-10-6-5-9-18(20)16-7-3-2-4-8-16/h2-12,15H,13-14H2,1H3,(H,24,25,26). The molecule has 0 spiro atoms. The van der Waals surface area contributed by atoms with Crippen LogP contribution < -0.4 is 10.1 Å².